The van der Waals surface area contributed by atoms with Crippen molar-refractivity contribution in [3.63, 3.8) is 0 Å². The largest absolute Gasteiger partial charge is 0.493 e. The van der Waals surface area contributed by atoms with E-state index >= 15 is 0 Å². The molecule has 0 saturated heterocycles. The quantitative estimate of drug-likeness (QED) is 0.783. The predicted molar refractivity (Wildman–Crippen MR) is 55.2 cm³/mol. The average Bonchev–Trinajstić information content (AvgIpc) is 2.26. The van der Waals surface area contributed by atoms with Gasteiger partial charge in [-0.15, -0.1) is 11.6 Å². The summed E-state index contributed by atoms with van der Waals surface area (Å²) in [5.41, 5.74) is 0.720. The highest BCUT2D eigenvalue weighted by Crippen LogP contribution is 2.30. The van der Waals surface area contributed by atoms with Gasteiger partial charge in [-0.05, 0) is 17.7 Å². The fraction of sp³-hybridized carbons (Fsp3) is 0.400. The lowest BCUT2D eigenvalue weighted by atomic mass is 10.1. The van der Waals surface area contributed by atoms with Crippen LogP contribution in [0.3, 0.4) is 0 Å². The van der Waals surface area contributed by atoms with Crippen LogP contribution in [0.4, 0.5) is 0 Å². The van der Waals surface area contributed by atoms with Crippen molar-refractivity contribution in [3.8, 4) is 11.5 Å². The van der Waals surface area contributed by atoms with Crippen molar-refractivity contribution in [3.05, 3.63) is 23.8 Å². The van der Waals surface area contributed by atoms with E-state index in [1.165, 1.54) is 0 Å². The zero-order valence-electron chi connectivity index (χ0n) is 8.16. The number of halogens is 1. The molecule has 0 aliphatic heterocycles. The first-order valence-corrected chi connectivity index (χ1v) is 4.72. The van der Waals surface area contributed by atoms with Gasteiger partial charge in [0.1, 0.15) is 0 Å². The van der Waals surface area contributed by atoms with E-state index in [4.69, 9.17) is 21.1 Å². The number of alkyl halides is 1. The molecule has 14 heavy (non-hydrogen) atoms. The van der Waals surface area contributed by atoms with Crippen LogP contribution in [-0.2, 0) is 0 Å². The second kappa shape index (κ2) is 5.08. The van der Waals surface area contributed by atoms with Crippen LogP contribution >= 0.6 is 11.6 Å². The van der Waals surface area contributed by atoms with Crippen molar-refractivity contribution >= 4 is 11.6 Å². The van der Waals surface area contributed by atoms with Gasteiger partial charge in [-0.2, -0.15) is 0 Å². The second-order valence-corrected chi connectivity index (χ2v) is 3.09. The maximum Gasteiger partial charge on any atom is 0.161 e. The highest BCUT2D eigenvalue weighted by Gasteiger charge is 2.10. The van der Waals surface area contributed by atoms with Gasteiger partial charge in [0.25, 0.3) is 0 Å². The van der Waals surface area contributed by atoms with Gasteiger partial charge in [-0.25, -0.2) is 0 Å². The number of methoxy groups -OCH3 is 2. The van der Waals surface area contributed by atoms with Crippen LogP contribution in [0, 0.1) is 0 Å². The lowest BCUT2D eigenvalue weighted by Gasteiger charge is -2.11. The van der Waals surface area contributed by atoms with E-state index in [2.05, 4.69) is 0 Å². The monoisotopic (exact) mass is 216 g/mol. The molecule has 1 rings (SSSR count). The van der Waals surface area contributed by atoms with Crippen molar-refractivity contribution in [1.82, 2.24) is 0 Å². The van der Waals surface area contributed by atoms with E-state index in [-0.39, 0.29) is 5.88 Å². The first-order chi connectivity index (χ1) is 6.72. The smallest absolute Gasteiger partial charge is 0.161 e. The van der Waals surface area contributed by atoms with Gasteiger partial charge in [0.2, 0.25) is 0 Å². The molecule has 0 spiro atoms. The molecule has 1 unspecified atom stereocenters. The van der Waals surface area contributed by atoms with Gasteiger partial charge >= 0.3 is 0 Å². The molecule has 1 atom stereocenters. The Hall–Kier alpha value is -0.930. The van der Waals surface area contributed by atoms with E-state index in [1.54, 1.807) is 32.4 Å². The third-order valence-corrected chi connectivity index (χ3v) is 2.23. The van der Waals surface area contributed by atoms with Crippen molar-refractivity contribution in [2.75, 3.05) is 20.1 Å². The summed E-state index contributed by atoms with van der Waals surface area (Å²) in [4.78, 5) is 0. The summed E-state index contributed by atoms with van der Waals surface area (Å²) in [5.74, 6) is 1.39. The maximum atomic E-state index is 9.48. The Morgan fingerprint density at radius 2 is 1.93 bits per heavy atom. The molecule has 0 radical (unpaired) electrons. The van der Waals surface area contributed by atoms with E-state index in [0.29, 0.717) is 11.5 Å². The third kappa shape index (κ3) is 2.30. The molecule has 78 valence electrons. The molecule has 1 aromatic rings. The summed E-state index contributed by atoms with van der Waals surface area (Å²) in [6, 6.07) is 5.21. The van der Waals surface area contributed by atoms with Crippen molar-refractivity contribution in [2.45, 2.75) is 6.10 Å². The van der Waals surface area contributed by atoms with Crippen LogP contribution in [0.2, 0.25) is 0 Å². The van der Waals surface area contributed by atoms with Gasteiger partial charge in [-0.3, -0.25) is 0 Å². The van der Waals surface area contributed by atoms with Crippen LogP contribution in [-0.4, -0.2) is 25.2 Å². The summed E-state index contributed by atoms with van der Waals surface area (Å²) >= 11 is 5.53. The summed E-state index contributed by atoms with van der Waals surface area (Å²) in [5, 5.41) is 9.48. The number of hydrogen-bond donors (Lipinski definition) is 1. The molecule has 3 nitrogen and oxygen atoms in total. The van der Waals surface area contributed by atoms with E-state index in [0.717, 1.165) is 5.56 Å². The number of ether oxygens (including phenoxy) is 2. The third-order valence-electron chi connectivity index (χ3n) is 1.94. The van der Waals surface area contributed by atoms with Crippen LogP contribution in [0.15, 0.2) is 18.2 Å². The standard InChI is InChI=1S/C10H13ClO3/c1-13-9-4-3-7(8(12)6-11)5-10(9)14-2/h3-5,8,12H,6H2,1-2H3. The Labute approximate surface area is 88.2 Å². The molecule has 0 aliphatic rings. The van der Waals surface area contributed by atoms with Crippen LogP contribution in [0.1, 0.15) is 11.7 Å². The summed E-state index contributed by atoms with van der Waals surface area (Å²) in [6.45, 7) is 0. The molecule has 0 heterocycles. The fourth-order valence-electron chi connectivity index (χ4n) is 1.15. The number of aliphatic hydroxyl groups excluding tert-OH is 1. The molecule has 0 aliphatic carbocycles. The molecule has 0 bridgehead atoms. The molecular formula is C10H13ClO3. The Kier molecular flexibility index (Phi) is 4.04. The van der Waals surface area contributed by atoms with Crippen molar-refractivity contribution in [1.29, 1.82) is 0 Å². The number of aliphatic hydroxyl groups is 1. The summed E-state index contributed by atoms with van der Waals surface area (Å²) in [7, 11) is 3.12. The molecule has 4 heteroatoms. The Bertz CT molecular complexity index is 301. The van der Waals surface area contributed by atoms with Crippen molar-refractivity contribution in [2.24, 2.45) is 0 Å². The predicted octanol–water partition coefficient (Wildman–Crippen LogP) is 1.98. The summed E-state index contributed by atoms with van der Waals surface area (Å²) < 4.78 is 10.2. The Morgan fingerprint density at radius 3 is 2.43 bits per heavy atom. The fourth-order valence-corrected chi connectivity index (χ4v) is 1.33. The first-order valence-electron chi connectivity index (χ1n) is 4.19. The zero-order chi connectivity index (χ0) is 10.6. The molecule has 0 saturated carbocycles. The molecule has 1 aromatic carbocycles. The highest BCUT2D eigenvalue weighted by molar-refractivity contribution is 6.18. The minimum atomic E-state index is -0.670. The summed E-state index contributed by atoms with van der Waals surface area (Å²) in [6.07, 6.45) is -0.670. The van der Waals surface area contributed by atoms with Gasteiger partial charge in [0.05, 0.1) is 26.2 Å². The van der Waals surface area contributed by atoms with E-state index in [1.807, 2.05) is 0 Å². The van der Waals surface area contributed by atoms with Gasteiger partial charge in [0, 0.05) is 0 Å². The van der Waals surface area contributed by atoms with Gasteiger partial charge < -0.3 is 14.6 Å². The molecular weight excluding hydrogens is 204 g/mol. The normalized spacial score (nSPS) is 12.3. The SMILES string of the molecule is COc1ccc(C(O)CCl)cc1OC. The second-order valence-electron chi connectivity index (χ2n) is 2.78. The Balaban J connectivity index is 3.01. The zero-order valence-corrected chi connectivity index (χ0v) is 8.91. The highest BCUT2D eigenvalue weighted by atomic mass is 35.5. The molecule has 0 aromatic heterocycles. The average molecular weight is 217 g/mol. The number of rotatable bonds is 4. The molecule has 1 N–H and O–H groups in total. The van der Waals surface area contributed by atoms with Crippen LogP contribution in [0.25, 0.3) is 0 Å². The Morgan fingerprint density at radius 1 is 1.29 bits per heavy atom. The topological polar surface area (TPSA) is 38.7 Å². The molecule has 0 fully saturated rings. The van der Waals surface area contributed by atoms with E-state index in [9.17, 15) is 5.11 Å². The minimum absolute atomic E-state index is 0.162. The minimum Gasteiger partial charge on any atom is -0.493 e. The van der Waals surface area contributed by atoms with Crippen molar-refractivity contribution < 1.29 is 14.6 Å². The first kappa shape index (κ1) is 11.1. The van der Waals surface area contributed by atoms with E-state index < -0.39 is 6.10 Å². The lowest BCUT2D eigenvalue weighted by molar-refractivity contribution is 0.202. The molecule has 0 amide bonds. The van der Waals surface area contributed by atoms with Crippen LogP contribution in [0.5, 0.6) is 11.5 Å². The lowest BCUT2D eigenvalue weighted by Crippen LogP contribution is -2.00. The number of hydrogen-bond acceptors (Lipinski definition) is 3. The maximum absolute atomic E-state index is 9.48. The van der Waals surface area contributed by atoms with Gasteiger partial charge in [0.15, 0.2) is 11.5 Å². The number of benzene rings is 1. The van der Waals surface area contributed by atoms with Crippen LogP contribution < -0.4 is 9.47 Å². The van der Waals surface area contributed by atoms with Gasteiger partial charge in [-0.1, -0.05) is 6.07 Å².